The predicted octanol–water partition coefficient (Wildman–Crippen LogP) is 5.45. The first-order valence-corrected chi connectivity index (χ1v) is 11.4. The van der Waals surface area contributed by atoms with Crippen molar-refractivity contribution in [2.45, 2.75) is 32.6 Å². The summed E-state index contributed by atoms with van der Waals surface area (Å²) in [7, 11) is 0. The van der Waals surface area contributed by atoms with Crippen LogP contribution in [-0.2, 0) is 16.0 Å². The second kappa shape index (κ2) is 12.8. The molecule has 4 N–H and O–H groups in total. The zero-order valence-electron chi connectivity index (χ0n) is 19.5. The zero-order valence-corrected chi connectivity index (χ0v) is 19.5. The van der Waals surface area contributed by atoms with Crippen LogP contribution < -0.4 is 20.7 Å². The number of urea groups is 1. The van der Waals surface area contributed by atoms with Crippen molar-refractivity contribution in [3.8, 4) is 5.75 Å². The van der Waals surface area contributed by atoms with Crippen molar-refractivity contribution in [2.24, 2.45) is 0 Å². The number of carboxylic acids is 1. The van der Waals surface area contributed by atoms with E-state index < -0.39 is 5.97 Å². The number of aryl methyl sites for hydroxylation is 1. The number of hydrogen-bond donors (Lipinski definition) is 4. The van der Waals surface area contributed by atoms with Crippen LogP contribution in [0, 0.1) is 6.92 Å². The van der Waals surface area contributed by atoms with Gasteiger partial charge in [-0.2, -0.15) is 0 Å². The standard InChI is InChI=1S/C27H29N3O5/c1-19-7-2-3-10-24(19)30-27(34)29-21-14-12-20(13-15-21)17-25(31)28-22-8-6-9-23(18-22)35-16-5-4-11-26(32)33/h2-3,6-10,12-15,18H,4-5,11,16-17H2,1H3,(H,28,31)(H,32,33)(H2,29,30,34). The lowest BCUT2D eigenvalue weighted by Crippen LogP contribution is -2.20. The first-order valence-electron chi connectivity index (χ1n) is 11.4. The van der Waals surface area contributed by atoms with Crippen molar-refractivity contribution in [1.82, 2.24) is 0 Å². The zero-order chi connectivity index (χ0) is 25.0. The molecule has 0 aliphatic heterocycles. The Morgan fingerprint density at radius 2 is 1.60 bits per heavy atom. The van der Waals surface area contributed by atoms with Crippen LogP contribution in [-0.4, -0.2) is 29.6 Å². The Morgan fingerprint density at radius 3 is 2.34 bits per heavy atom. The van der Waals surface area contributed by atoms with Gasteiger partial charge in [-0.3, -0.25) is 9.59 Å². The van der Waals surface area contributed by atoms with E-state index >= 15 is 0 Å². The minimum absolute atomic E-state index is 0.122. The van der Waals surface area contributed by atoms with E-state index in [9.17, 15) is 14.4 Å². The summed E-state index contributed by atoms with van der Waals surface area (Å²) in [5, 5.41) is 17.1. The molecule has 0 saturated heterocycles. The van der Waals surface area contributed by atoms with E-state index in [0.29, 0.717) is 36.6 Å². The Labute approximate surface area is 204 Å². The van der Waals surface area contributed by atoms with Gasteiger partial charge in [-0.1, -0.05) is 36.4 Å². The topological polar surface area (TPSA) is 117 Å². The second-order valence-electron chi connectivity index (χ2n) is 8.04. The Hall–Kier alpha value is -4.33. The molecule has 0 unspecified atom stereocenters. The minimum atomic E-state index is -0.816. The van der Waals surface area contributed by atoms with Gasteiger partial charge in [0.25, 0.3) is 0 Å². The average molecular weight is 476 g/mol. The number of carbonyl (C=O) groups excluding carboxylic acids is 2. The van der Waals surface area contributed by atoms with Crippen molar-refractivity contribution in [3.05, 3.63) is 83.9 Å². The maximum atomic E-state index is 12.5. The Bertz CT molecular complexity index is 1160. The molecule has 0 heterocycles. The fraction of sp³-hybridized carbons (Fsp3) is 0.222. The number of unbranched alkanes of at least 4 members (excludes halogenated alkanes) is 1. The molecule has 35 heavy (non-hydrogen) atoms. The number of amides is 3. The normalized spacial score (nSPS) is 10.3. The van der Waals surface area contributed by atoms with E-state index in [4.69, 9.17) is 9.84 Å². The summed E-state index contributed by atoms with van der Waals surface area (Å²) >= 11 is 0. The number of carbonyl (C=O) groups is 3. The molecule has 0 aromatic heterocycles. The van der Waals surface area contributed by atoms with Gasteiger partial charge in [0.1, 0.15) is 5.75 Å². The van der Waals surface area contributed by atoms with Gasteiger partial charge in [0.2, 0.25) is 5.91 Å². The SMILES string of the molecule is Cc1ccccc1NC(=O)Nc1ccc(CC(=O)Nc2cccc(OCCCCC(=O)O)c2)cc1. The van der Waals surface area contributed by atoms with Crippen LogP contribution in [0.4, 0.5) is 21.9 Å². The third kappa shape index (κ3) is 8.85. The van der Waals surface area contributed by atoms with Crippen molar-refractivity contribution in [1.29, 1.82) is 0 Å². The third-order valence-corrected chi connectivity index (χ3v) is 5.14. The average Bonchev–Trinajstić information content (AvgIpc) is 2.81. The summed E-state index contributed by atoms with van der Waals surface area (Å²) in [6.07, 6.45) is 1.49. The summed E-state index contributed by atoms with van der Waals surface area (Å²) in [6, 6.07) is 21.3. The highest BCUT2D eigenvalue weighted by Gasteiger charge is 2.08. The Balaban J connectivity index is 1.45. The summed E-state index contributed by atoms with van der Waals surface area (Å²) in [6.45, 7) is 2.33. The largest absolute Gasteiger partial charge is 0.494 e. The maximum Gasteiger partial charge on any atom is 0.323 e. The number of rotatable bonds is 11. The van der Waals surface area contributed by atoms with Crippen molar-refractivity contribution < 1.29 is 24.2 Å². The molecule has 8 heteroatoms. The van der Waals surface area contributed by atoms with Crippen molar-refractivity contribution in [2.75, 3.05) is 22.6 Å². The van der Waals surface area contributed by atoms with Gasteiger partial charge in [-0.05, 0) is 61.2 Å². The molecule has 182 valence electrons. The molecule has 0 bridgehead atoms. The van der Waals surface area contributed by atoms with Gasteiger partial charge in [0.15, 0.2) is 0 Å². The fourth-order valence-corrected chi connectivity index (χ4v) is 3.33. The number of anilines is 3. The van der Waals surface area contributed by atoms with Crippen LogP contribution in [0.15, 0.2) is 72.8 Å². The highest BCUT2D eigenvalue weighted by molar-refractivity contribution is 6.00. The van der Waals surface area contributed by atoms with Gasteiger partial charge >= 0.3 is 12.0 Å². The molecule has 3 aromatic carbocycles. The lowest BCUT2D eigenvalue weighted by Gasteiger charge is -2.11. The van der Waals surface area contributed by atoms with E-state index in [-0.39, 0.29) is 24.8 Å². The van der Waals surface area contributed by atoms with E-state index in [2.05, 4.69) is 16.0 Å². The molecule has 0 atom stereocenters. The molecule has 0 spiro atoms. The molecule has 0 aliphatic carbocycles. The quantitative estimate of drug-likeness (QED) is 0.275. The molecule has 3 aromatic rings. The number of nitrogens with one attached hydrogen (secondary N) is 3. The predicted molar refractivity (Wildman–Crippen MR) is 136 cm³/mol. The van der Waals surface area contributed by atoms with Crippen LogP contribution in [0.25, 0.3) is 0 Å². The smallest absolute Gasteiger partial charge is 0.323 e. The molecule has 0 aliphatic rings. The Kier molecular flexibility index (Phi) is 9.24. The van der Waals surface area contributed by atoms with E-state index in [1.165, 1.54) is 0 Å². The van der Waals surface area contributed by atoms with E-state index in [1.807, 2.05) is 31.2 Å². The lowest BCUT2D eigenvalue weighted by atomic mass is 10.1. The van der Waals surface area contributed by atoms with Crippen LogP contribution in [0.2, 0.25) is 0 Å². The van der Waals surface area contributed by atoms with Gasteiger partial charge in [-0.25, -0.2) is 4.79 Å². The van der Waals surface area contributed by atoms with Crippen molar-refractivity contribution in [3.63, 3.8) is 0 Å². The summed E-state index contributed by atoms with van der Waals surface area (Å²) in [4.78, 5) is 35.2. The number of benzene rings is 3. The minimum Gasteiger partial charge on any atom is -0.494 e. The molecule has 8 nitrogen and oxygen atoms in total. The van der Waals surface area contributed by atoms with Gasteiger partial charge < -0.3 is 25.8 Å². The van der Waals surface area contributed by atoms with Crippen LogP contribution in [0.3, 0.4) is 0 Å². The Morgan fingerprint density at radius 1 is 0.829 bits per heavy atom. The number of aliphatic carboxylic acids is 1. The summed E-state index contributed by atoms with van der Waals surface area (Å²) in [5.74, 6) is -0.386. The first-order chi connectivity index (χ1) is 16.9. The monoisotopic (exact) mass is 475 g/mol. The lowest BCUT2D eigenvalue weighted by molar-refractivity contribution is -0.137. The van der Waals surface area contributed by atoms with E-state index in [0.717, 1.165) is 16.8 Å². The molecule has 3 amide bonds. The molecule has 0 fully saturated rings. The first kappa shape index (κ1) is 25.3. The van der Waals surface area contributed by atoms with E-state index in [1.54, 1.807) is 48.5 Å². The number of carboxylic acid groups (broad SMARTS) is 1. The van der Waals surface area contributed by atoms with Gasteiger partial charge in [0, 0.05) is 29.5 Å². The third-order valence-electron chi connectivity index (χ3n) is 5.14. The van der Waals surface area contributed by atoms with Crippen molar-refractivity contribution >= 4 is 35.0 Å². The number of ether oxygens (including phenoxy) is 1. The molecular formula is C27H29N3O5. The van der Waals surface area contributed by atoms with Crippen LogP contribution in [0.1, 0.15) is 30.4 Å². The summed E-state index contributed by atoms with van der Waals surface area (Å²) < 4.78 is 5.63. The number of para-hydroxylation sites is 1. The fourth-order valence-electron chi connectivity index (χ4n) is 3.33. The molecule has 3 rings (SSSR count). The molecule has 0 saturated carbocycles. The van der Waals surface area contributed by atoms with Crippen LogP contribution in [0.5, 0.6) is 5.75 Å². The van der Waals surface area contributed by atoms with Gasteiger partial charge in [-0.15, -0.1) is 0 Å². The van der Waals surface area contributed by atoms with Gasteiger partial charge in [0.05, 0.1) is 13.0 Å². The van der Waals surface area contributed by atoms with Crippen LogP contribution >= 0.6 is 0 Å². The highest BCUT2D eigenvalue weighted by Crippen LogP contribution is 2.19. The highest BCUT2D eigenvalue weighted by atomic mass is 16.5. The second-order valence-corrected chi connectivity index (χ2v) is 8.04. The number of hydrogen-bond acceptors (Lipinski definition) is 4. The summed E-state index contributed by atoms with van der Waals surface area (Å²) in [5.41, 5.74) is 3.75. The molecule has 0 radical (unpaired) electrons. The maximum absolute atomic E-state index is 12.5. The molecular weight excluding hydrogens is 446 g/mol.